The van der Waals surface area contributed by atoms with Gasteiger partial charge in [0.05, 0.1) is 19.4 Å². The maximum atomic E-state index is 12.2. The van der Waals surface area contributed by atoms with Gasteiger partial charge in [-0.25, -0.2) is 9.78 Å². The number of morpholine rings is 1. The number of aromatic nitrogens is 2. The highest BCUT2D eigenvalue weighted by Gasteiger charge is 2.21. The van der Waals surface area contributed by atoms with Crippen LogP contribution >= 0.6 is 0 Å². The molecule has 2 fully saturated rings. The maximum Gasteiger partial charge on any atom is 0.317 e. The Bertz CT molecular complexity index is 515. The van der Waals surface area contributed by atoms with E-state index < -0.39 is 0 Å². The highest BCUT2D eigenvalue weighted by atomic mass is 16.5. The summed E-state index contributed by atoms with van der Waals surface area (Å²) in [6, 6.07) is 0.0465. The molecule has 2 aliphatic heterocycles. The summed E-state index contributed by atoms with van der Waals surface area (Å²) in [5.41, 5.74) is 0. The topological polar surface area (TPSA) is 73.8 Å². The van der Waals surface area contributed by atoms with Crippen molar-refractivity contribution in [2.75, 3.05) is 70.5 Å². The third kappa shape index (κ3) is 5.54. The SMILES string of the molecule is O=C(NCCCCN1CCOCC1)N1CCN(c2cnccn2)CC1. The fraction of sp³-hybridized carbons (Fsp3) is 0.706. The molecule has 1 aromatic rings. The third-order valence-corrected chi connectivity index (χ3v) is 4.72. The number of urea groups is 1. The van der Waals surface area contributed by atoms with Crippen LogP contribution in [0.5, 0.6) is 0 Å². The second-order valence-electron chi connectivity index (χ2n) is 6.43. The van der Waals surface area contributed by atoms with Gasteiger partial charge in [-0.1, -0.05) is 0 Å². The van der Waals surface area contributed by atoms with Gasteiger partial charge in [-0.3, -0.25) is 9.88 Å². The molecule has 0 saturated carbocycles. The molecule has 0 aliphatic carbocycles. The first-order chi connectivity index (χ1) is 12.3. The fourth-order valence-corrected chi connectivity index (χ4v) is 3.19. The van der Waals surface area contributed by atoms with Gasteiger partial charge in [-0.05, 0) is 19.4 Å². The van der Waals surface area contributed by atoms with Crippen LogP contribution in [0.15, 0.2) is 18.6 Å². The quantitative estimate of drug-likeness (QED) is 0.751. The van der Waals surface area contributed by atoms with Crippen LogP contribution in [0.1, 0.15) is 12.8 Å². The minimum Gasteiger partial charge on any atom is -0.379 e. The Morgan fingerprint density at radius 3 is 2.60 bits per heavy atom. The number of carbonyl (C=O) groups excluding carboxylic acids is 1. The number of ether oxygens (including phenoxy) is 1. The smallest absolute Gasteiger partial charge is 0.317 e. The molecule has 0 unspecified atom stereocenters. The Hall–Kier alpha value is -1.93. The molecule has 0 spiro atoms. The van der Waals surface area contributed by atoms with E-state index >= 15 is 0 Å². The van der Waals surface area contributed by atoms with E-state index in [4.69, 9.17) is 4.74 Å². The van der Waals surface area contributed by atoms with Gasteiger partial charge in [0.25, 0.3) is 0 Å². The van der Waals surface area contributed by atoms with Crippen LogP contribution in [-0.4, -0.2) is 91.4 Å². The van der Waals surface area contributed by atoms with Crippen LogP contribution in [-0.2, 0) is 4.74 Å². The summed E-state index contributed by atoms with van der Waals surface area (Å²) in [5.74, 6) is 0.880. The minimum absolute atomic E-state index is 0.0465. The molecule has 8 nitrogen and oxygen atoms in total. The molecular weight excluding hydrogens is 320 g/mol. The average molecular weight is 348 g/mol. The predicted octanol–water partition coefficient (Wildman–Crippen LogP) is 0.421. The van der Waals surface area contributed by atoms with Gasteiger partial charge in [0, 0.05) is 58.2 Å². The van der Waals surface area contributed by atoms with E-state index in [2.05, 4.69) is 25.1 Å². The summed E-state index contributed by atoms with van der Waals surface area (Å²) in [5, 5.41) is 3.04. The molecule has 2 aliphatic rings. The fourth-order valence-electron chi connectivity index (χ4n) is 3.19. The molecule has 25 heavy (non-hydrogen) atoms. The van der Waals surface area contributed by atoms with Gasteiger partial charge in [0.2, 0.25) is 0 Å². The van der Waals surface area contributed by atoms with Crippen LogP contribution in [0.4, 0.5) is 10.6 Å². The van der Waals surface area contributed by atoms with Gasteiger partial charge >= 0.3 is 6.03 Å². The molecule has 138 valence electrons. The van der Waals surface area contributed by atoms with E-state index in [1.807, 2.05) is 4.90 Å². The summed E-state index contributed by atoms with van der Waals surface area (Å²) < 4.78 is 5.35. The van der Waals surface area contributed by atoms with Crippen molar-refractivity contribution < 1.29 is 9.53 Å². The zero-order chi connectivity index (χ0) is 17.3. The summed E-state index contributed by atoms with van der Waals surface area (Å²) in [7, 11) is 0. The van der Waals surface area contributed by atoms with Gasteiger partial charge in [0.15, 0.2) is 0 Å². The zero-order valence-corrected chi connectivity index (χ0v) is 14.8. The average Bonchev–Trinajstić information content (AvgIpc) is 2.69. The van der Waals surface area contributed by atoms with E-state index in [0.29, 0.717) is 0 Å². The van der Waals surface area contributed by atoms with Gasteiger partial charge in [-0.2, -0.15) is 0 Å². The molecule has 3 rings (SSSR count). The lowest BCUT2D eigenvalue weighted by atomic mass is 10.2. The van der Waals surface area contributed by atoms with Crippen molar-refractivity contribution in [3.8, 4) is 0 Å². The Labute approximate surface area is 149 Å². The number of hydrogen-bond acceptors (Lipinski definition) is 6. The number of hydrogen-bond donors (Lipinski definition) is 1. The normalized spacial score (nSPS) is 19.0. The second kappa shape index (κ2) is 9.53. The number of nitrogens with zero attached hydrogens (tertiary/aromatic N) is 5. The highest BCUT2D eigenvalue weighted by Crippen LogP contribution is 2.11. The van der Waals surface area contributed by atoms with Crippen molar-refractivity contribution in [1.82, 2.24) is 25.1 Å². The lowest BCUT2D eigenvalue weighted by molar-refractivity contribution is 0.0372. The Balaban J connectivity index is 1.28. The van der Waals surface area contributed by atoms with Crippen LogP contribution in [0.2, 0.25) is 0 Å². The first-order valence-electron chi connectivity index (χ1n) is 9.17. The summed E-state index contributed by atoms with van der Waals surface area (Å²) in [6.07, 6.45) is 7.27. The first kappa shape index (κ1) is 17.9. The van der Waals surface area contributed by atoms with E-state index in [-0.39, 0.29) is 6.03 Å². The van der Waals surface area contributed by atoms with Crippen LogP contribution in [0.3, 0.4) is 0 Å². The van der Waals surface area contributed by atoms with Crippen molar-refractivity contribution in [3.05, 3.63) is 18.6 Å². The molecule has 0 atom stereocenters. The van der Waals surface area contributed by atoms with E-state index in [0.717, 1.165) is 84.2 Å². The third-order valence-electron chi connectivity index (χ3n) is 4.72. The maximum absolute atomic E-state index is 12.2. The Kier molecular flexibility index (Phi) is 6.81. The molecule has 0 aromatic carbocycles. The predicted molar refractivity (Wildman–Crippen MR) is 95.7 cm³/mol. The highest BCUT2D eigenvalue weighted by molar-refractivity contribution is 5.74. The van der Waals surface area contributed by atoms with Crippen LogP contribution < -0.4 is 10.2 Å². The summed E-state index contributed by atoms with van der Waals surface area (Å²) in [4.78, 5) is 27.1. The largest absolute Gasteiger partial charge is 0.379 e. The standard InChI is InChI=1S/C17H28N6O2/c24-17(20-3-1-2-6-21-11-13-25-14-12-21)23-9-7-22(8-10-23)16-15-18-4-5-19-16/h4-5,15H,1-3,6-14H2,(H,20,24). The van der Waals surface area contributed by atoms with Crippen molar-refractivity contribution in [3.63, 3.8) is 0 Å². The molecule has 1 N–H and O–H groups in total. The van der Waals surface area contributed by atoms with Crippen LogP contribution in [0.25, 0.3) is 0 Å². The van der Waals surface area contributed by atoms with Crippen molar-refractivity contribution in [2.24, 2.45) is 0 Å². The Morgan fingerprint density at radius 2 is 1.88 bits per heavy atom. The Morgan fingerprint density at radius 1 is 1.08 bits per heavy atom. The number of unbranched alkanes of at least 4 members (excludes halogenated alkanes) is 1. The van der Waals surface area contributed by atoms with E-state index in [9.17, 15) is 4.79 Å². The molecule has 8 heteroatoms. The van der Waals surface area contributed by atoms with Crippen molar-refractivity contribution in [2.45, 2.75) is 12.8 Å². The van der Waals surface area contributed by atoms with Gasteiger partial charge in [0.1, 0.15) is 5.82 Å². The lowest BCUT2D eigenvalue weighted by Gasteiger charge is -2.35. The minimum atomic E-state index is 0.0465. The van der Waals surface area contributed by atoms with E-state index in [1.54, 1.807) is 18.6 Å². The van der Waals surface area contributed by atoms with Crippen molar-refractivity contribution >= 4 is 11.8 Å². The molecule has 2 amide bonds. The lowest BCUT2D eigenvalue weighted by Crippen LogP contribution is -2.52. The zero-order valence-electron chi connectivity index (χ0n) is 14.8. The first-order valence-corrected chi connectivity index (χ1v) is 9.17. The molecule has 1 aromatic heterocycles. The molecule has 2 saturated heterocycles. The molecular formula is C17H28N6O2. The number of nitrogens with one attached hydrogen (secondary N) is 1. The van der Waals surface area contributed by atoms with E-state index in [1.165, 1.54) is 0 Å². The molecule has 0 bridgehead atoms. The monoisotopic (exact) mass is 348 g/mol. The van der Waals surface area contributed by atoms with Crippen LogP contribution in [0, 0.1) is 0 Å². The number of carbonyl (C=O) groups is 1. The molecule has 0 radical (unpaired) electrons. The van der Waals surface area contributed by atoms with Gasteiger partial charge in [-0.15, -0.1) is 0 Å². The number of amides is 2. The number of piperazine rings is 1. The van der Waals surface area contributed by atoms with Gasteiger partial charge < -0.3 is 19.9 Å². The number of anilines is 1. The van der Waals surface area contributed by atoms with Crippen molar-refractivity contribution in [1.29, 1.82) is 0 Å². The summed E-state index contributed by atoms with van der Waals surface area (Å²) >= 11 is 0. The summed E-state index contributed by atoms with van der Waals surface area (Å²) in [6.45, 7) is 8.61. The second-order valence-corrected chi connectivity index (χ2v) is 6.43. The molecule has 3 heterocycles. The number of rotatable bonds is 6.